The van der Waals surface area contributed by atoms with Gasteiger partial charge in [-0.05, 0) is 50.6 Å². The second-order valence-electron chi connectivity index (χ2n) is 9.97. The van der Waals surface area contributed by atoms with Gasteiger partial charge in [-0.25, -0.2) is 8.42 Å². The smallest absolute Gasteiger partial charge is 0.243 e. The molecule has 1 atom stereocenters. The van der Waals surface area contributed by atoms with Gasteiger partial charge in [0.1, 0.15) is 5.54 Å². The Bertz CT molecular complexity index is 1340. The normalized spacial score (nSPS) is 19.2. The summed E-state index contributed by atoms with van der Waals surface area (Å²) in [4.78, 5) is 20.3. The van der Waals surface area contributed by atoms with Gasteiger partial charge in [-0.15, -0.1) is 0 Å². The van der Waals surface area contributed by atoms with Gasteiger partial charge in [-0.2, -0.15) is 4.72 Å². The number of aromatic nitrogens is 1. The summed E-state index contributed by atoms with van der Waals surface area (Å²) in [5, 5.41) is 11.1. The van der Waals surface area contributed by atoms with Crippen molar-refractivity contribution >= 4 is 32.5 Å². The van der Waals surface area contributed by atoms with Crippen molar-refractivity contribution in [2.75, 3.05) is 44.3 Å². The first-order valence-corrected chi connectivity index (χ1v) is 13.7. The van der Waals surface area contributed by atoms with Gasteiger partial charge >= 0.3 is 0 Å². The van der Waals surface area contributed by atoms with Crippen molar-refractivity contribution in [2.45, 2.75) is 36.8 Å². The van der Waals surface area contributed by atoms with E-state index in [0.29, 0.717) is 45.8 Å². The van der Waals surface area contributed by atoms with Crippen LogP contribution in [0.5, 0.6) is 0 Å². The first kappa shape index (κ1) is 24.8. The minimum atomic E-state index is -4.02. The van der Waals surface area contributed by atoms with E-state index < -0.39 is 21.7 Å². The molecule has 2 aliphatic rings. The lowest BCUT2D eigenvalue weighted by molar-refractivity contribution is -0.140. The van der Waals surface area contributed by atoms with Gasteiger partial charge in [0.25, 0.3) is 0 Å². The highest BCUT2D eigenvalue weighted by Crippen LogP contribution is 2.36. The monoisotopic (exact) mass is 512 g/mol. The molecule has 10 heteroatoms. The van der Waals surface area contributed by atoms with E-state index in [2.05, 4.69) is 14.6 Å². The van der Waals surface area contributed by atoms with Crippen molar-refractivity contribution in [2.24, 2.45) is 0 Å². The molecule has 1 aromatic heterocycles. The summed E-state index contributed by atoms with van der Waals surface area (Å²) in [6.45, 7) is 6.08. The number of hydrogen-bond acceptors (Lipinski definition) is 6. The molecule has 0 unspecified atom stereocenters. The Hall–Kier alpha value is -2.92. The van der Waals surface area contributed by atoms with Gasteiger partial charge in [0.2, 0.25) is 15.9 Å². The zero-order valence-corrected chi connectivity index (χ0v) is 21.3. The van der Waals surface area contributed by atoms with Crippen LogP contribution in [0, 0.1) is 0 Å². The molecule has 0 bridgehead atoms. The standard InChI is InChI=1S/C26H32N4O5S/c1-26(2,25(32)29-11-13-35-14-12-29)28-36(33,34)20-7-8-24(30-10-9-19(31)17-30)21(16-20)23-15-18-5-3-4-6-22(18)27-23/h3-8,15-16,19,27-28,31H,9-14,17H2,1-2H3/t19-/m0/s1. The van der Waals surface area contributed by atoms with Gasteiger partial charge in [0.05, 0.1) is 24.2 Å². The summed E-state index contributed by atoms with van der Waals surface area (Å²) >= 11 is 0. The quantitative estimate of drug-likeness (QED) is 0.467. The number of aliphatic hydroxyl groups excluding tert-OH is 1. The maximum atomic E-state index is 13.5. The molecule has 2 fully saturated rings. The third kappa shape index (κ3) is 4.86. The van der Waals surface area contributed by atoms with E-state index in [1.807, 2.05) is 30.3 Å². The summed E-state index contributed by atoms with van der Waals surface area (Å²) in [7, 11) is -4.02. The van der Waals surface area contributed by atoms with Gasteiger partial charge in [-0.1, -0.05) is 18.2 Å². The number of carbonyl (C=O) groups is 1. The van der Waals surface area contributed by atoms with Crippen LogP contribution in [-0.2, 0) is 19.6 Å². The Morgan fingerprint density at radius 3 is 2.56 bits per heavy atom. The van der Waals surface area contributed by atoms with Crippen LogP contribution in [-0.4, -0.2) is 80.4 Å². The molecule has 2 aliphatic heterocycles. The third-order valence-corrected chi connectivity index (χ3v) is 8.48. The molecule has 0 saturated carbocycles. The molecule has 3 heterocycles. The number of morpholine rings is 1. The fourth-order valence-corrected chi connectivity index (χ4v) is 6.35. The van der Waals surface area contributed by atoms with Crippen LogP contribution >= 0.6 is 0 Å². The number of sulfonamides is 1. The van der Waals surface area contributed by atoms with Gasteiger partial charge in [0, 0.05) is 54.0 Å². The molecule has 9 nitrogen and oxygen atoms in total. The summed E-state index contributed by atoms with van der Waals surface area (Å²) in [5.74, 6) is -0.284. The zero-order chi connectivity index (χ0) is 25.5. The lowest BCUT2D eigenvalue weighted by Crippen LogP contribution is -2.57. The third-order valence-electron chi connectivity index (χ3n) is 6.83. The zero-order valence-electron chi connectivity index (χ0n) is 20.5. The molecular formula is C26H32N4O5S. The molecule has 2 saturated heterocycles. The van der Waals surface area contributed by atoms with Crippen molar-refractivity contribution in [3.8, 4) is 11.3 Å². The van der Waals surface area contributed by atoms with Crippen LogP contribution in [0.2, 0.25) is 0 Å². The second-order valence-corrected chi connectivity index (χ2v) is 11.7. The number of aliphatic hydroxyl groups is 1. The lowest BCUT2D eigenvalue weighted by atomic mass is 10.1. The summed E-state index contributed by atoms with van der Waals surface area (Å²) < 4.78 is 34.9. The predicted octanol–water partition coefficient (Wildman–Crippen LogP) is 2.32. The average Bonchev–Trinajstić information content (AvgIpc) is 3.49. The van der Waals surface area contributed by atoms with Crippen LogP contribution in [0.25, 0.3) is 22.2 Å². The number of rotatable bonds is 6. The number of amides is 1. The molecule has 0 radical (unpaired) electrons. The van der Waals surface area contributed by atoms with Crippen LogP contribution in [0.3, 0.4) is 0 Å². The summed E-state index contributed by atoms with van der Waals surface area (Å²) in [6, 6.07) is 14.8. The first-order valence-electron chi connectivity index (χ1n) is 12.2. The van der Waals surface area contributed by atoms with Crippen LogP contribution < -0.4 is 9.62 Å². The Kier molecular flexibility index (Phi) is 6.54. The second kappa shape index (κ2) is 9.51. The number of aromatic amines is 1. The molecule has 3 aromatic rings. The van der Waals surface area contributed by atoms with E-state index >= 15 is 0 Å². The van der Waals surface area contributed by atoms with Crippen molar-refractivity contribution in [3.63, 3.8) is 0 Å². The molecule has 0 spiro atoms. The predicted molar refractivity (Wildman–Crippen MR) is 138 cm³/mol. The Morgan fingerprint density at radius 2 is 1.86 bits per heavy atom. The van der Waals surface area contributed by atoms with Crippen LogP contribution in [0.15, 0.2) is 53.4 Å². The highest BCUT2D eigenvalue weighted by molar-refractivity contribution is 7.89. The molecule has 2 aromatic carbocycles. The van der Waals surface area contributed by atoms with Crippen molar-refractivity contribution < 1.29 is 23.1 Å². The first-order chi connectivity index (χ1) is 17.1. The number of H-pyrrole nitrogens is 1. The largest absolute Gasteiger partial charge is 0.391 e. The number of carbonyl (C=O) groups excluding carboxylic acids is 1. The highest BCUT2D eigenvalue weighted by Gasteiger charge is 2.37. The maximum absolute atomic E-state index is 13.5. The number of β-amino-alcohol motifs (C(OH)–C–C–N with tert-alkyl or cyclic N) is 1. The molecule has 36 heavy (non-hydrogen) atoms. The molecule has 1 amide bonds. The van der Waals surface area contributed by atoms with E-state index in [1.165, 1.54) is 0 Å². The molecule has 0 aliphatic carbocycles. The summed E-state index contributed by atoms with van der Waals surface area (Å²) in [5.41, 5.74) is 1.98. The fourth-order valence-electron chi connectivity index (χ4n) is 4.95. The van der Waals surface area contributed by atoms with Crippen molar-refractivity contribution in [3.05, 3.63) is 48.5 Å². The van der Waals surface area contributed by atoms with Gasteiger partial charge in [-0.3, -0.25) is 4.79 Å². The molecule has 192 valence electrons. The van der Waals surface area contributed by atoms with E-state index in [9.17, 15) is 18.3 Å². The maximum Gasteiger partial charge on any atom is 0.243 e. The van der Waals surface area contributed by atoms with Gasteiger partial charge in [0.15, 0.2) is 0 Å². The number of para-hydroxylation sites is 1. The Balaban J connectivity index is 1.51. The number of hydrogen-bond donors (Lipinski definition) is 3. The highest BCUT2D eigenvalue weighted by atomic mass is 32.2. The number of nitrogens with one attached hydrogen (secondary N) is 2. The van der Waals surface area contributed by atoms with E-state index in [-0.39, 0.29) is 10.8 Å². The lowest BCUT2D eigenvalue weighted by Gasteiger charge is -2.34. The van der Waals surface area contributed by atoms with E-state index in [1.54, 1.807) is 36.9 Å². The van der Waals surface area contributed by atoms with Crippen molar-refractivity contribution in [1.29, 1.82) is 0 Å². The topological polar surface area (TPSA) is 115 Å². The molecule has 3 N–H and O–H groups in total. The number of benzene rings is 2. The van der Waals surface area contributed by atoms with Gasteiger partial charge < -0.3 is 24.6 Å². The van der Waals surface area contributed by atoms with Crippen LogP contribution in [0.1, 0.15) is 20.3 Å². The number of anilines is 1. The Labute approximate surface area is 211 Å². The Morgan fingerprint density at radius 1 is 1.11 bits per heavy atom. The minimum Gasteiger partial charge on any atom is -0.391 e. The van der Waals surface area contributed by atoms with E-state index in [4.69, 9.17) is 4.74 Å². The number of fused-ring (bicyclic) bond motifs is 1. The fraction of sp³-hybridized carbons (Fsp3) is 0.423. The number of ether oxygens (including phenoxy) is 1. The van der Waals surface area contributed by atoms with Crippen molar-refractivity contribution in [1.82, 2.24) is 14.6 Å². The molecule has 5 rings (SSSR count). The average molecular weight is 513 g/mol. The van der Waals surface area contributed by atoms with Crippen LogP contribution in [0.4, 0.5) is 5.69 Å². The van der Waals surface area contributed by atoms with E-state index in [0.717, 1.165) is 27.8 Å². The summed E-state index contributed by atoms with van der Waals surface area (Å²) in [6.07, 6.45) is 0.239. The molecular weight excluding hydrogens is 480 g/mol. The minimum absolute atomic E-state index is 0.0718. The SMILES string of the molecule is CC(C)(NS(=O)(=O)c1ccc(N2CC[C@H](O)C2)c(-c2cc3ccccc3[nH]2)c1)C(=O)N1CCOCC1. The number of nitrogens with zero attached hydrogens (tertiary/aromatic N) is 2.